The summed E-state index contributed by atoms with van der Waals surface area (Å²) in [6.45, 7) is 2.39. The van der Waals surface area contributed by atoms with Crippen LogP contribution < -0.4 is 21.7 Å². The fourth-order valence-corrected chi connectivity index (χ4v) is 2.58. The second-order valence-electron chi connectivity index (χ2n) is 5.65. The van der Waals surface area contributed by atoms with E-state index in [1.807, 2.05) is 31.2 Å². The summed E-state index contributed by atoms with van der Waals surface area (Å²) in [5.41, 5.74) is 7.34. The van der Waals surface area contributed by atoms with Crippen molar-refractivity contribution in [3.05, 3.63) is 60.3 Å². The molecule has 27 heavy (non-hydrogen) atoms. The normalized spacial score (nSPS) is 9.96. The minimum atomic E-state index is -0.477. The Bertz CT molecular complexity index is 977. The van der Waals surface area contributed by atoms with Gasteiger partial charge in [-0.05, 0) is 42.6 Å². The van der Waals surface area contributed by atoms with Crippen molar-refractivity contribution in [1.82, 2.24) is 10.3 Å². The predicted molar refractivity (Wildman–Crippen MR) is 110 cm³/mol. The SMILES string of the molecule is CCNC(=O)Nc1cc2cccc(Nc3cccc(C(N)=O)c3)c2cn1.Cl. The third kappa shape index (κ3) is 4.86. The topological polar surface area (TPSA) is 109 Å². The van der Waals surface area contributed by atoms with Crippen LogP contribution in [0.4, 0.5) is 22.0 Å². The second kappa shape index (κ2) is 8.86. The summed E-state index contributed by atoms with van der Waals surface area (Å²) in [4.78, 5) is 27.3. The molecule has 0 aliphatic rings. The van der Waals surface area contributed by atoms with Crippen LogP contribution in [-0.2, 0) is 0 Å². The highest BCUT2D eigenvalue weighted by molar-refractivity contribution is 5.98. The van der Waals surface area contributed by atoms with E-state index in [2.05, 4.69) is 20.9 Å². The average Bonchev–Trinajstić information content (AvgIpc) is 2.62. The number of pyridine rings is 1. The van der Waals surface area contributed by atoms with Crippen LogP contribution >= 0.6 is 12.4 Å². The molecule has 1 aromatic heterocycles. The van der Waals surface area contributed by atoms with E-state index in [9.17, 15) is 9.59 Å². The fourth-order valence-electron chi connectivity index (χ4n) is 2.58. The lowest BCUT2D eigenvalue weighted by Gasteiger charge is -2.11. The van der Waals surface area contributed by atoms with E-state index in [1.54, 1.807) is 30.5 Å². The van der Waals surface area contributed by atoms with Crippen LogP contribution in [0.5, 0.6) is 0 Å². The first-order chi connectivity index (χ1) is 12.6. The summed E-state index contributed by atoms with van der Waals surface area (Å²) in [7, 11) is 0. The molecular weight excluding hydrogens is 366 g/mol. The molecule has 0 bridgehead atoms. The van der Waals surface area contributed by atoms with Crippen molar-refractivity contribution in [2.75, 3.05) is 17.2 Å². The molecule has 1 heterocycles. The highest BCUT2D eigenvalue weighted by Crippen LogP contribution is 2.27. The first-order valence-electron chi connectivity index (χ1n) is 8.17. The van der Waals surface area contributed by atoms with E-state index in [0.717, 1.165) is 22.1 Å². The smallest absolute Gasteiger partial charge is 0.320 e. The molecule has 0 unspecified atom stereocenters. The van der Waals surface area contributed by atoms with Gasteiger partial charge in [-0.3, -0.25) is 10.1 Å². The molecular formula is C19H20ClN5O2. The number of hydrogen-bond donors (Lipinski definition) is 4. The largest absolute Gasteiger partial charge is 0.366 e. The monoisotopic (exact) mass is 385 g/mol. The molecule has 0 aliphatic heterocycles. The Kier molecular flexibility index (Phi) is 6.56. The number of nitrogens with two attached hydrogens (primary N) is 1. The molecule has 140 valence electrons. The zero-order valence-corrected chi connectivity index (χ0v) is 15.5. The summed E-state index contributed by atoms with van der Waals surface area (Å²) >= 11 is 0. The van der Waals surface area contributed by atoms with E-state index >= 15 is 0 Å². The minimum absolute atomic E-state index is 0. The third-order valence-corrected chi connectivity index (χ3v) is 3.77. The van der Waals surface area contributed by atoms with Gasteiger partial charge in [-0.25, -0.2) is 9.78 Å². The minimum Gasteiger partial charge on any atom is -0.366 e. The van der Waals surface area contributed by atoms with Crippen LogP contribution in [-0.4, -0.2) is 23.5 Å². The number of carbonyl (C=O) groups is 2. The van der Waals surface area contributed by atoms with Gasteiger partial charge in [-0.15, -0.1) is 12.4 Å². The lowest BCUT2D eigenvalue weighted by atomic mass is 10.1. The van der Waals surface area contributed by atoms with Crippen LogP contribution in [0, 0.1) is 0 Å². The van der Waals surface area contributed by atoms with Crippen LogP contribution in [0.2, 0.25) is 0 Å². The van der Waals surface area contributed by atoms with Gasteiger partial charge in [0.2, 0.25) is 5.91 Å². The standard InChI is InChI=1S/C19H19N5O2.ClH/c1-2-21-19(26)24-17-10-12-5-4-8-16(15(12)11-22-17)23-14-7-3-6-13(9-14)18(20)25;/h3-11,23H,2H2,1H3,(H2,20,25)(H2,21,22,24,26);1H. The van der Waals surface area contributed by atoms with Gasteiger partial charge in [-0.2, -0.15) is 0 Å². The number of amides is 3. The predicted octanol–water partition coefficient (Wildman–Crippen LogP) is 3.64. The number of nitrogens with zero attached hydrogens (tertiary/aromatic N) is 1. The Morgan fingerprint density at radius 3 is 2.63 bits per heavy atom. The van der Waals surface area contributed by atoms with Crippen molar-refractivity contribution in [2.24, 2.45) is 5.73 Å². The summed E-state index contributed by atoms with van der Waals surface area (Å²) in [6.07, 6.45) is 1.69. The van der Waals surface area contributed by atoms with Crippen molar-refractivity contribution in [1.29, 1.82) is 0 Å². The number of hydrogen-bond acceptors (Lipinski definition) is 4. The first kappa shape index (κ1) is 20.0. The average molecular weight is 386 g/mol. The maximum Gasteiger partial charge on any atom is 0.320 e. The van der Waals surface area contributed by atoms with Crippen molar-refractivity contribution >= 4 is 52.3 Å². The second-order valence-corrected chi connectivity index (χ2v) is 5.65. The number of nitrogens with one attached hydrogen (secondary N) is 3. The molecule has 7 nitrogen and oxygen atoms in total. The molecule has 3 aromatic rings. The van der Waals surface area contributed by atoms with Crippen LogP contribution in [0.15, 0.2) is 54.7 Å². The molecule has 0 spiro atoms. The van der Waals surface area contributed by atoms with Gasteiger partial charge >= 0.3 is 6.03 Å². The quantitative estimate of drug-likeness (QED) is 0.537. The molecule has 0 radical (unpaired) electrons. The van der Waals surface area contributed by atoms with Crippen molar-refractivity contribution < 1.29 is 9.59 Å². The molecule has 5 N–H and O–H groups in total. The number of carbonyl (C=O) groups excluding carboxylic acids is 2. The molecule has 2 aromatic carbocycles. The molecule has 0 saturated carbocycles. The van der Waals surface area contributed by atoms with Crippen LogP contribution in [0.3, 0.4) is 0 Å². The van der Waals surface area contributed by atoms with E-state index in [1.165, 1.54) is 0 Å². The lowest BCUT2D eigenvalue weighted by molar-refractivity contribution is 0.100. The molecule has 3 amide bonds. The van der Waals surface area contributed by atoms with E-state index in [-0.39, 0.29) is 18.4 Å². The van der Waals surface area contributed by atoms with Crippen LogP contribution in [0.1, 0.15) is 17.3 Å². The summed E-state index contributed by atoms with van der Waals surface area (Å²) < 4.78 is 0. The number of primary amides is 1. The number of fused-ring (bicyclic) bond motifs is 1. The zero-order valence-electron chi connectivity index (χ0n) is 14.7. The Morgan fingerprint density at radius 1 is 1.11 bits per heavy atom. The maximum atomic E-state index is 11.6. The van der Waals surface area contributed by atoms with Crippen molar-refractivity contribution in [3.8, 4) is 0 Å². The summed E-state index contributed by atoms with van der Waals surface area (Å²) in [6, 6.07) is 14.2. The molecule has 0 aliphatic carbocycles. The van der Waals surface area contributed by atoms with Gasteiger partial charge in [0.15, 0.2) is 0 Å². The van der Waals surface area contributed by atoms with Gasteiger partial charge < -0.3 is 16.4 Å². The third-order valence-electron chi connectivity index (χ3n) is 3.77. The number of anilines is 3. The van der Waals surface area contributed by atoms with E-state index < -0.39 is 5.91 Å². The van der Waals surface area contributed by atoms with E-state index in [4.69, 9.17) is 5.73 Å². The number of urea groups is 1. The van der Waals surface area contributed by atoms with Gasteiger partial charge in [0, 0.05) is 35.1 Å². The maximum absolute atomic E-state index is 11.6. The van der Waals surface area contributed by atoms with Gasteiger partial charge in [0.1, 0.15) is 5.82 Å². The van der Waals surface area contributed by atoms with Crippen molar-refractivity contribution in [3.63, 3.8) is 0 Å². The van der Waals surface area contributed by atoms with Crippen LogP contribution in [0.25, 0.3) is 10.8 Å². The first-order valence-corrected chi connectivity index (χ1v) is 8.17. The zero-order chi connectivity index (χ0) is 18.5. The number of benzene rings is 2. The molecule has 3 rings (SSSR count). The molecule has 8 heteroatoms. The highest BCUT2D eigenvalue weighted by atomic mass is 35.5. The van der Waals surface area contributed by atoms with Gasteiger partial charge in [-0.1, -0.05) is 18.2 Å². The Hall–Kier alpha value is -3.32. The lowest BCUT2D eigenvalue weighted by Crippen LogP contribution is -2.28. The highest BCUT2D eigenvalue weighted by Gasteiger charge is 2.07. The summed E-state index contributed by atoms with van der Waals surface area (Å²) in [5, 5.41) is 10.4. The van der Waals surface area contributed by atoms with Crippen molar-refractivity contribution in [2.45, 2.75) is 6.92 Å². The molecule has 0 fully saturated rings. The molecule has 0 atom stereocenters. The number of aromatic nitrogens is 1. The number of halogens is 1. The number of rotatable bonds is 5. The van der Waals surface area contributed by atoms with Gasteiger partial charge in [0.25, 0.3) is 0 Å². The molecule has 0 saturated heterocycles. The Labute approximate surface area is 162 Å². The fraction of sp³-hybridized carbons (Fsp3) is 0.105. The van der Waals surface area contributed by atoms with E-state index in [0.29, 0.717) is 17.9 Å². The van der Waals surface area contributed by atoms with Gasteiger partial charge in [0.05, 0.1) is 0 Å². The Balaban J connectivity index is 0.00000261. The Morgan fingerprint density at radius 2 is 1.89 bits per heavy atom. The summed E-state index contributed by atoms with van der Waals surface area (Å²) in [5.74, 6) is -0.00867.